The number of pyridine rings is 1. The lowest BCUT2D eigenvalue weighted by molar-refractivity contribution is 0.843. The average Bonchev–Trinajstić information content (AvgIpc) is 2.30. The number of anilines is 1. The molecule has 2 nitrogen and oxygen atoms in total. The number of nitrogens with zero attached hydrogens (tertiary/aromatic N) is 1. The van der Waals surface area contributed by atoms with Crippen molar-refractivity contribution in [3.05, 3.63) is 57.9 Å². The highest BCUT2D eigenvalue weighted by atomic mass is 35.5. The van der Waals surface area contributed by atoms with Gasteiger partial charge in [0, 0.05) is 11.4 Å². The van der Waals surface area contributed by atoms with Crippen LogP contribution in [-0.4, -0.2) is 4.98 Å². The van der Waals surface area contributed by atoms with E-state index in [1.165, 1.54) is 11.1 Å². The highest BCUT2D eigenvalue weighted by molar-refractivity contribution is 6.33. The molecule has 0 aliphatic carbocycles. The van der Waals surface area contributed by atoms with Gasteiger partial charge in [-0.15, -0.1) is 0 Å². The Morgan fingerprint density at radius 2 is 1.84 bits per heavy atom. The number of nitrogens with one attached hydrogen (secondary N) is 1. The third kappa shape index (κ3) is 3.07. The smallest absolute Gasteiger partial charge is 0.0637 e. The first kappa shape index (κ1) is 13.9. The van der Waals surface area contributed by atoms with E-state index in [1.54, 1.807) is 0 Å². The fraction of sp³-hybridized carbons (Fsp3) is 0.312. The second-order valence-electron chi connectivity index (χ2n) is 4.93. The first-order valence-corrected chi connectivity index (χ1v) is 6.82. The Labute approximate surface area is 119 Å². The van der Waals surface area contributed by atoms with Crippen molar-refractivity contribution in [1.82, 2.24) is 4.98 Å². The van der Waals surface area contributed by atoms with Crippen LogP contribution in [0.25, 0.3) is 0 Å². The molecule has 1 N–H and O–H groups in total. The number of hydrogen-bond donors (Lipinski definition) is 1. The summed E-state index contributed by atoms with van der Waals surface area (Å²) in [5.74, 6) is 0. The second-order valence-corrected chi connectivity index (χ2v) is 5.33. The maximum atomic E-state index is 6.18. The fourth-order valence-corrected chi connectivity index (χ4v) is 2.76. The van der Waals surface area contributed by atoms with Crippen LogP contribution in [0, 0.1) is 20.8 Å². The van der Waals surface area contributed by atoms with E-state index in [0.717, 1.165) is 22.1 Å². The Morgan fingerprint density at radius 1 is 1.16 bits per heavy atom. The Morgan fingerprint density at radius 3 is 2.47 bits per heavy atom. The molecular formula is C16H19ClN2. The van der Waals surface area contributed by atoms with Gasteiger partial charge in [0.15, 0.2) is 0 Å². The summed E-state index contributed by atoms with van der Waals surface area (Å²) in [4.78, 5) is 4.55. The Hall–Kier alpha value is -1.54. The van der Waals surface area contributed by atoms with Gasteiger partial charge in [-0.05, 0) is 57.0 Å². The maximum Gasteiger partial charge on any atom is 0.0637 e. The van der Waals surface area contributed by atoms with Crippen LogP contribution in [0.4, 0.5) is 5.69 Å². The van der Waals surface area contributed by atoms with Gasteiger partial charge in [-0.25, -0.2) is 0 Å². The molecule has 100 valence electrons. The summed E-state index contributed by atoms with van der Waals surface area (Å²) in [7, 11) is 0. The number of aryl methyl sites for hydroxylation is 3. The predicted molar refractivity (Wildman–Crippen MR) is 81.9 cm³/mol. The van der Waals surface area contributed by atoms with Crippen molar-refractivity contribution in [3.8, 4) is 0 Å². The summed E-state index contributed by atoms with van der Waals surface area (Å²) in [6.45, 7) is 8.34. The molecule has 0 aliphatic rings. The molecule has 3 heteroatoms. The number of para-hydroxylation sites is 1. The normalized spacial score (nSPS) is 12.3. The minimum absolute atomic E-state index is 0.174. The van der Waals surface area contributed by atoms with E-state index < -0.39 is 0 Å². The summed E-state index contributed by atoms with van der Waals surface area (Å²) in [5.41, 5.74) is 5.59. The summed E-state index contributed by atoms with van der Waals surface area (Å²) in [6.07, 6.45) is 0. The highest BCUT2D eigenvalue weighted by Gasteiger charge is 2.13. The van der Waals surface area contributed by atoms with Crippen molar-refractivity contribution < 1.29 is 0 Å². The van der Waals surface area contributed by atoms with Gasteiger partial charge >= 0.3 is 0 Å². The third-order valence-corrected chi connectivity index (χ3v) is 3.59. The van der Waals surface area contributed by atoms with Gasteiger partial charge in [0.2, 0.25) is 0 Å². The van der Waals surface area contributed by atoms with E-state index in [4.69, 9.17) is 11.6 Å². The van der Waals surface area contributed by atoms with Gasteiger partial charge in [-0.2, -0.15) is 0 Å². The molecule has 2 rings (SSSR count). The van der Waals surface area contributed by atoms with E-state index in [-0.39, 0.29) is 6.04 Å². The molecule has 0 fully saturated rings. The molecule has 1 atom stereocenters. The highest BCUT2D eigenvalue weighted by Crippen LogP contribution is 2.28. The van der Waals surface area contributed by atoms with Gasteiger partial charge in [-0.3, -0.25) is 4.98 Å². The van der Waals surface area contributed by atoms with E-state index in [2.05, 4.69) is 37.1 Å². The fourth-order valence-electron chi connectivity index (χ4n) is 2.57. The second kappa shape index (κ2) is 5.62. The van der Waals surface area contributed by atoms with Crippen molar-refractivity contribution in [3.63, 3.8) is 0 Å². The Bertz CT molecular complexity index is 570. The predicted octanol–water partition coefficient (Wildman–Crippen LogP) is 4.83. The van der Waals surface area contributed by atoms with Crippen LogP contribution in [0.15, 0.2) is 30.3 Å². The van der Waals surface area contributed by atoms with E-state index in [1.807, 2.05) is 31.2 Å². The lowest BCUT2D eigenvalue weighted by atomic mass is 10.00. The maximum absolute atomic E-state index is 6.18. The Kier molecular flexibility index (Phi) is 4.11. The van der Waals surface area contributed by atoms with Crippen molar-refractivity contribution >= 4 is 17.3 Å². The summed E-state index contributed by atoms with van der Waals surface area (Å²) >= 11 is 6.18. The van der Waals surface area contributed by atoms with Gasteiger partial charge in [0.05, 0.1) is 16.8 Å². The first-order valence-electron chi connectivity index (χ1n) is 6.45. The van der Waals surface area contributed by atoms with Crippen LogP contribution in [0.3, 0.4) is 0 Å². The number of rotatable bonds is 3. The van der Waals surface area contributed by atoms with E-state index >= 15 is 0 Å². The molecule has 0 saturated heterocycles. The van der Waals surface area contributed by atoms with Crippen LogP contribution >= 0.6 is 11.6 Å². The topological polar surface area (TPSA) is 24.9 Å². The molecule has 0 radical (unpaired) electrons. The minimum Gasteiger partial charge on any atom is -0.377 e. The summed E-state index contributed by atoms with van der Waals surface area (Å²) < 4.78 is 0. The van der Waals surface area contributed by atoms with Gasteiger partial charge < -0.3 is 5.32 Å². The minimum atomic E-state index is 0.174. The van der Waals surface area contributed by atoms with Crippen LogP contribution in [0.1, 0.15) is 35.5 Å². The lowest BCUT2D eigenvalue weighted by Gasteiger charge is -2.20. The van der Waals surface area contributed by atoms with Crippen molar-refractivity contribution in [2.45, 2.75) is 33.7 Å². The SMILES string of the molecule is Cc1cc(C)c(C(C)Nc2ccccc2Cl)c(C)n1. The number of hydrogen-bond acceptors (Lipinski definition) is 2. The first-order chi connectivity index (χ1) is 8.99. The zero-order valence-electron chi connectivity index (χ0n) is 11.8. The van der Waals surface area contributed by atoms with Crippen LogP contribution in [-0.2, 0) is 0 Å². The van der Waals surface area contributed by atoms with Crippen LogP contribution in [0.5, 0.6) is 0 Å². The standard InChI is InChI=1S/C16H19ClN2/c1-10-9-11(2)18-12(3)16(10)13(4)19-15-8-6-5-7-14(15)17/h5-9,13,19H,1-4H3. The van der Waals surface area contributed by atoms with Gasteiger partial charge in [-0.1, -0.05) is 23.7 Å². The number of aromatic nitrogens is 1. The average molecular weight is 275 g/mol. The third-order valence-electron chi connectivity index (χ3n) is 3.26. The molecule has 0 aliphatic heterocycles. The number of benzene rings is 1. The number of halogens is 1. The molecule has 0 bridgehead atoms. The van der Waals surface area contributed by atoms with Crippen LogP contribution in [0.2, 0.25) is 5.02 Å². The molecule has 0 saturated carbocycles. The lowest BCUT2D eigenvalue weighted by Crippen LogP contribution is -2.11. The van der Waals surface area contributed by atoms with E-state index in [0.29, 0.717) is 0 Å². The molecule has 1 aromatic heterocycles. The molecule has 19 heavy (non-hydrogen) atoms. The molecule has 0 amide bonds. The molecule has 1 unspecified atom stereocenters. The zero-order valence-corrected chi connectivity index (χ0v) is 12.5. The molecular weight excluding hydrogens is 256 g/mol. The molecule has 1 aromatic carbocycles. The monoisotopic (exact) mass is 274 g/mol. The van der Waals surface area contributed by atoms with Crippen molar-refractivity contribution in [2.24, 2.45) is 0 Å². The van der Waals surface area contributed by atoms with Gasteiger partial charge in [0.25, 0.3) is 0 Å². The van der Waals surface area contributed by atoms with Gasteiger partial charge in [0.1, 0.15) is 0 Å². The van der Waals surface area contributed by atoms with E-state index in [9.17, 15) is 0 Å². The van der Waals surface area contributed by atoms with Crippen molar-refractivity contribution in [1.29, 1.82) is 0 Å². The Balaban J connectivity index is 2.31. The summed E-state index contributed by atoms with van der Waals surface area (Å²) in [5, 5.41) is 4.20. The van der Waals surface area contributed by atoms with Crippen LogP contribution < -0.4 is 5.32 Å². The van der Waals surface area contributed by atoms with Crippen molar-refractivity contribution in [2.75, 3.05) is 5.32 Å². The quantitative estimate of drug-likeness (QED) is 0.867. The summed E-state index contributed by atoms with van der Waals surface area (Å²) in [6, 6.07) is 10.1. The largest absolute Gasteiger partial charge is 0.377 e. The molecule has 0 spiro atoms. The molecule has 1 heterocycles. The zero-order chi connectivity index (χ0) is 14.0. The molecule has 2 aromatic rings.